The van der Waals surface area contributed by atoms with Gasteiger partial charge in [0.15, 0.2) is 0 Å². The van der Waals surface area contributed by atoms with Crippen molar-refractivity contribution in [1.82, 2.24) is 15.1 Å². The number of amides is 4. The number of nitrogens with zero attached hydrogens (tertiary/aromatic N) is 2. The number of hydrogen-bond donors (Lipinski definition) is 2. The highest BCUT2D eigenvalue weighted by Gasteiger charge is 2.45. The van der Waals surface area contributed by atoms with E-state index in [4.69, 9.17) is 5.73 Å². The monoisotopic (exact) mass is 398 g/mol. The van der Waals surface area contributed by atoms with Gasteiger partial charge in [-0.15, -0.1) is 0 Å². The molecule has 2 fully saturated rings. The summed E-state index contributed by atoms with van der Waals surface area (Å²) in [4.78, 5) is 53.0. The van der Waals surface area contributed by atoms with Crippen LogP contribution < -0.4 is 11.1 Å². The van der Waals surface area contributed by atoms with Gasteiger partial charge in [-0.25, -0.2) is 0 Å². The molecule has 29 heavy (non-hydrogen) atoms. The van der Waals surface area contributed by atoms with Crippen LogP contribution in [-0.2, 0) is 16.1 Å². The topological polar surface area (TPSA) is 113 Å². The Balaban J connectivity index is 1.57. The Kier molecular flexibility index (Phi) is 4.78. The zero-order chi connectivity index (χ0) is 20.9. The maximum Gasteiger partial charge on any atom is 0.262 e. The Morgan fingerprint density at radius 3 is 2.55 bits per heavy atom. The Morgan fingerprint density at radius 2 is 1.90 bits per heavy atom. The van der Waals surface area contributed by atoms with Gasteiger partial charge in [0.05, 0.1) is 11.1 Å². The normalized spacial score (nSPS) is 25.6. The molecular formula is C21H26N4O4. The van der Waals surface area contributed by atoms with E-state index in [1.807, 2.05) is 19.9 Å². The molecule has 2 unspecified atom stereocenters. The summed E-state index contributed by atoms with van der Waals surface area (Å²) in [5, 5.41) is 2.22. The summed E-state index contributed by atoms with van der Waals surface area (Å²) in [6.45, 7) is 6.33. The lowest BCUT2D eigenvalue weighted by Crippen LogP contribution is -2.54. The van der Waals surface area contributed by atoms with Crippen LogP contribution in [0.5, 0.6) is 0 Å². The van der Waals surface area contributed by atoms with Crippen molar-refractivity contribution in [1.29, 1.82) is 0 Å². The molecule has 0 spiro atoms. The second-order valence-electron chi connectivity index (χ2n) is 8.83. The van der Waals surface area contributed by atoms with Crippen LogP contribution in [0.4, 0.5) is 0 Å². The van der Waals surface area contributed by atoms with Crippen molar-refractivity contribution in [2.24, 2.45) is 11.7 Å². The van der Waals surface area contributed by atoms with Gasteiger partial charge in [0, 0.05) is 25.0 Å². The molecule has 2 atom stereocenters. The molecule has 154 valence electrons. The van der Waals surface area contributed by atoms with Crippen molar-refractivity contribution in [2.75, 3.05) is 13.1 Å². The Hall–Kier alpha value is -2.58. The van der Waals surface area contributed by atoms with Gasteiger partial charge in [0.1, 0.15) is 6.04 Å². The first-order valence-electron chi connectivity index (χ1n) is 10.0. The van der Waals surface area contributed by atoms with E-state index < -0.39 is 23.8 Å². The van der Waals surface area contributed by atoms with Crippen LogP contribution in [0.25, 0.3) is 0 Å². The van der Waals surface area contributed by atoms with Gasteiger partial charge in [0.2, 0.25) is 11.8 Å². The first-order chi connectivity index (χ1) is 13.7. The summed E-state index contributed by atoms with van der Waals surface area (Å²) >= 11 is 0. The van der Waals surface area contributed by atoms with E-state index in [2.05, 4.69) is 10.2 Å². The average molecular weight is 398 g/mol. The molecule has 2 saturated heterocycles. The van der Waals surface area contributed by atoms with Gasteiger partial charge in [-0.2, -0.15) is 0 Å². The van der Waals surface area contributed by atoms with Gasteiger partial charge < -0.3 is 5.73 Å². The highest BCUT2D eigenvalue weighted by molar-refractivity contribution is 6.24. The molecule has 8 nitrogen and oxygen atoms in total. The summed E-state index contributed by atoms with van der Waals surface area (Å²) in [6, 6.07) is 4.31. The fourth-order valence-electron chi connectivity index (χ4n) is 4.54. The molecule has 3 aliphatic rings. The first kappa shape index (κ1) is 19.7. The molecule has 3 N–H and O–H groups in total. The molecule has 0 saturated carbocycles. The summed E-state index contributed by atoms with van der Waals surface area (Å²) in [5.41, 5.74) is 7.48. The Morgan fingerprint density at radius 1 is 1.14 bits per heavy atom. The third kappa shape index (κ3) is 3.47. The molecule has 4 amide bonds. The maximum absolute atomic E-state index is 13.2. The van der Waals surface area contributed by atoms with Crippen LogP contribution >= 0.6 is 0 Å². The molecular weight excluding hydrogens is 372 g/mol. The van der Waals surface area contributed by atoms with E-state index in [9.17, 15) is 19.2 Å². The Bertz CT molecular complexity index is 904. The third-order valence-corrected chi connectivity index (χ3v) is 6.27. The lowest BCUT2D eigenvalue weighted by molar-refractivity contribution is -0.136. The van der Waals surface area contributed by atoms with Gasteiger partial charge in [-0.05, 0) is 50.8 Å². The molecule has 1 aromatic carbocycles. The van der Waals surface area contributed by atoms with Crippen LogP contribution in [0, 0.1) is 5.92 Å². The number of nitrogens with one attached hydrogen (secondary N) is 1. The zero-order valence-electron chi connectivity index (χ0n) is 16.7. The van der Waals surface area contributed by atoms with E-state index in [1.165, 1.54) is 0 Å². The smallest absolute Gasteiger partial charge is 0.262 e. The molecule has 0 radical (unpaired) electrons. The van der Waals surface area contributed by atoms with Crippen LogP contribution in [0.2, 0.25) is 0 Å². The summed E-state index contributed by atoms with van der Waals surface area (Å²) < 4.78 is 0. The number of benzene rings is 1. The molecule has 0 aromatic heterocycles. The quantitative estimate of drug-likeness (QED) is 0.720. The van der Waals surface area contributed by atoms with E-state index in [0.29, 0.717) is 23.6 Å². The number of carbonyl (C=O) groups excluding carboxylic acids is 4. The second-order valence-corrected chi connectivity index (χ2v) is 8.83. The number of rotatable bonds is 4. The van der Waals surface area contributed by atoms with Gasteiger partial charge in [-0.3, -0.25) is 34.3 Å². The van der Waals surface area contributed by atoms with Gasteiger partial charge in [0.25, 0.3) is 11.8 Å². The van der Waals surface area contributed by atoms with Crippen molar-refractivity contribution < 1.29 is 19.2 Å². The average Bonchev–Trinajstić information content (AvgIpc) is 3.20. The van der Waals surface area contributed by atoms with Crippen molar-refractivity contribution in [2.45, 2.75) is 51.2 Å². The van der Waals surface area contributed by atoms with E-state index in [1.54, 1.807) is 12.1 Å². The van der Waals surface area contributed by atoms with Gasteiger partial charge >= 0.3 is 0 Å². The zero-order valence-corrected chi connectivity index (χ0v) is 16.7. The lowest BCUT2D eigenvalue weighted by atomic mass is 9.88. The Labute approximate surface area is 169 Å². The second kappa shape index (κ2) is 7.03. The predicted octanol–water partition coefficient (Wildman–Crippen LogP) is 0.647. The van der Waals surface area contributed by atoms with Crippen LogP contribution in [0.15, 0.2) is 18.2 Å². The first-order valence-corrected chi connectivity index (χ1v) is 10.0. The maximum atomic E-state index is 13.2. The molecule has 0 bridgehead atoms. The number of nitrogens with two attached hydrogens (primary N) is 1. The lowest BCUT2D eigenvalue weighted by Gasteiger charge is -2.28. The number of likely N-dealkylation sites (tertiary alicyclic amines) is 1. The standard InChI is InChI=1S/C21H26N4O4/c1-21(2,22)13-8-9-24(11-13)10-12-4-3-5-14-17(12)20(29)25(19(14)28)15-6-7-16(26)23-18(15)27/h3-5,13,15H,6-11,22H2,1-2H3,(H,23,26,27). The van der Waals surface area contributed by atoms with Crippen molar-refractivity contribution >= 4 is 23.6 Å². The highest BCUT2D eigenvalue weighted by Crippen LogP contribution is 2.32. The fourth-order valence-corrected chi connectivity index (χ4v) is 4.54. The number of hydrogen-bond acceptors (Lipinski definition) is 6. The molecule has 8 heteroatoms. The fraction of sp³-hybridized carbons (Fsp3) is 0.524. The van der Waals surface area contributed by atoms with E-state index in [0.717, 1.165) is 30.0 Å². The minimum absolute atomic E-state index is 0.112. The molecule has 3 heterocycles. The van der Waals surface area contributed by atoms with Crippen molar-refractivity contribution in [3.05, 3.63) is 34.9 Å². The van der Waals surface area contributed by atoms with Gasteiger partial charge in [-0.1, -0.05) is 12.1 Å². The number of piperidine rings is 1. The van der Waals surface area contributed by atoms with E-state index >= 15 is 0 Å². The summed E-state index contributed by atoms with van der Waals surface area (Å²) in [7, 11) is 0. The molecule has 1 aromatic rings. The van der Waals surface area contributed by atoms with Crippen LogP contribution in [0.3, 0.4) is 0 Å². The highest BCUT2D eigenvalue weighted by atomic mass is 16.2. The third-order valence-electron chi connectivity index (χ3n) is 6.27. The van der Waals surface area contributed by atoms with Crippen LogP contribution in [-0.4, -0.2) is 58.1 Å². The largest absolute Gasteiger partial charge is 0.325 e. The summed E-state index contributed by atoms with van der Waals surface area (Å²) in [5.74, 6) is -1.52. The minimum atomic E-state index is -0.942. The molecule has 3 aliphatic heterocycles. The number of imide groups is 2. The predicted molar refractivity (Wildman–Crippen MR) is 105 cm³/mol. The molecule has 0 aliphatic carbocycles. The summed E-state index contributed by atoms with van der Waals surface area (Å²) in [6.07, 6.45) is 1.26. The minimum Gasteiger partial charge on any atom is -0.325 e. The van der Waals surface area contributed by atoms with Crippen molar-refractivity contribution in [3.8, 4) is 0 Å². The molecule has 4 rings (SSSR count). The van der Waals surface area contributed by atoms with Crippen LogP contribution in [0.1, 0.15) is 59.4 Å². The van der Waals surface area contributed by atoms with Crippen molar-refractivity contribution in [3.63, 3.8) is 0 Å². The number of fused-ring (bicyclic) bond motifs is 1. The SMILES string of the molecule is CC(C)(N)C1CCN(Cc2cccc3c2C(=O)N(C2CCC(=O)NC2=O)C3=O)C1. The van der Waals surface area contributed by atoms with E-state index in [-0.39, 0.29) is 24.3 Å². The number of carbonyl (C=O) groups is 4.